The van der Waals surface area contributed by atoms with E-state index in [1.165, 1.54) is 0 Å². The summed E-state index contributed by atoms with van der Waals surface area (Å²) in [6, 6.07) is 3.55. The first kappa shape index (κ1) is 13.9. The summed E-state index contributed by atoms with van der Waals surface area (Å²) in [4.78, 5) is 11.9. The van der Waals surface area contributed by atoms with Gasteiger partial charge in [0.25, 0.3) is 0 Å². The smallest absolute Gasteiger partial charge is 0.246 e. The molecule has 3 rings (SSSR count). The Morgan fingerprint density at radius 2 is 2.40 bits per heavy atom. The molecule has 1 saturated heterocycles. The Labute approximate surface area is 126 Å². The number of amides is 1. The maximum absolute atomic E-state index is 11.9. The van der Waals surface area contributed by atoms with Gasteiger partial charge in [-0.3, -0.25) is 4.79 Å². The number of carbonyl (C=O) groups is 1. The predicted molar refractivity (Wildman–Crippen MR) is 79.0 cm³/mol. The van der Waals surface area contributed by atoms with Crippen LogP contribution in [0, 0.1) is 0 Å². The number of benzene rings is 1. The number of carbonyl (C=O) groups excluding carboxylic acids is 1. The maximum Gasteiger partial charge on any atom is 0.246 e. The lowest BCUT2D eigenvalue weighted by Crippen LogP contribution is -2.27. The first-order valence-corrected chi connectivity index (χ1v) is 7.60. The molecule has 108 valence electrons. The van der Waals surface area contributed by atoms with Gasteiger partial charge in [0.05, 0.1) is 17.7 Å². The van der Waals surface area contributed by atoms with Crippen molar-refractivity contribution in [3.63, 3.8) is 0 Å². The van der Waals surface area contributed by atoms with Crippen LogP contribution >= 0.6 is 15.9 Å². The third-order valence-corrected chi connectivity index (χ3v) is 4.14. The van der Waals surface area contributed by atoms with Crippen LogP contribution in [-0.2, 0) is 9.53 Å². The van der Waals surface area contributed by atoms with Crippen molar-refractivity contribution in [3.05, 3.63) is 22.2 Å². The van der Waals surface area contributed by atoms with Gasteiger partial charge in [-0.2, -0.15) is 0 Å². The number of hydrogen-bond donors (Lipinski definition) is 2. The molecule has 0 spiro atoms. The number of ether oxygens (including phenoxy) is 2. The van der Waals surface area contributed by atoms with Crippen LogP contribution in [0.1, 0.15) is 24.9 Å². The van der Waals surface area contributed by atoms with Gasteiger partial charge in [-0.05, 0) is 28.5 Å². The second-order valence-corrected chi connectivity index (χ2v) is 5.81. The minimum atomic E-state index is -0.282. The zero-order valence-corrected chi connectivity index (χ0v) is 12.8. The van der Waals surface area contributed by atoms with Crippen LogP contribution in [0.3, 0.4) is 0 Å². The molecule has 2 N–H and O–H groups in total. The molecular weight excluding hydrogens is 324 g/mol. The van der Waals surface area contributed by atoms with E-state index in [0.717, 1.165) is 41.0 Å². The minimum Gasteiger partial charge on any atom is -0.487 e. The number of anilines is 1. The topological polar surface area (TPSA) is 59.6 Å². The highest BCUT2D eigenvalue weighted by atomic mass is 79.9. The Balaban J connectivity index is 1.85. The molecule has 1 amide bonds. The van der Waals surface area contributed by atoms with Gasteiger partial charge >= 0.3 is 0 Å². The number of rotatable bonds is 4. The minimum absolute atomic E-state index is 0.0184. The van der Waals surface area contributed by atoms with Crippen LogP contribution in [0.4, 0.5) is 5.69 Å². The lowest BCUT2D eigenvalue weighted by atomic mass is 10.1. The van der Waals surface area contributed by atoms with Crippen molar-refractivity contribution in [3.8, 4) is 5.75 Å². The van der Waals surface area contributed by atoms with Crippen molar-refractivity contribution in [2.75, 3.05) is 25.1 Å². The third-order valence-electron chi connectivity index (χ3n) is 3.52. The van der Waals surface area contributed by atoms with Crippen LogP contribution in [0.25, 0.3) is 0 Å². The van der Waals surface area contributed by atoms with E-state index in [-0.39, 0.29) is 18.1 Å². The molecule has 20 heavy (non-hydrogen) atoms. The van der Waals surface area contributed by atoms with Crippen LogP contribution in [0.5, 0.6) is 5.75 Å². The van der Waals surface area contributed by atoms with Crippen molar-refractivity contribution >= 4 is 27.5 Å². The van der Waals surface area contributed by atoms with Gasteiger partial charge in [-0.1, -0.05) is 6.92 Å². The third kappa shape index (κ3) is 2.55. The molecule has 2 aliphatic heterocycles. The molecule has 0 radical (unpaired) electrons. The molecule has 2 atom stereocenters. The molecular formula is C14H17BrN2O3. The highest BCUT2D eigenvalue weighted by Crippen LogP contribution is 2.39. The predicted octanol–water partition coefficient (Wildman–Crippen LogP) is 2.22. The summed E-state index contributed by atoms with van der Waals surface area (Å²) in [5.41, 5.74) is 1.77. The van der Waals surface area contributed by atoms with Gasteiger partial charge in [-0.15, -0.1) is 0 Å². The van der Waals surface area contributed by atoms with Crippen LogP contribution < -0.4 is 15.4 Å². The Morgan fingerprint density at radius 3 is 3.10 bits per heavy atom. The summed E-state index contributed by atoms with van der Waals surface area (Å²) in [5.74, 6) is 0.729. The zero-order chi connectivity index (χ0) is 14.1. The number of hydrogen-bond acceptors (Lipinski definition) is 4. The first-order valence-electron chi connectivity index (χ1n) is 6.81. The van der Waals surface area contributed by atoms with Crippen LogP contribution in [0.15, 0.2) is 16.6 Å². The van der Waals surface area contributed by atoms with Crippen molar-refractivity contribution in [1.82, 2.24) is 5.32 Å². The van der Waals surface area contributed by atoms with Gasteiger partial charge in [0.15, 0.2) is 0 Å². The Bertz CT molecular complexity index is 529. The van der Waals surface area contributed by atoms with Gasteiger partial charge in [-0.25, -0.2) is 0 Å². The highest BCUT2D eigenvalue weighted by Gasteiger charge is 2.31. The van der Waals surface area contributed by atoms with E-state index in [9.17, 15) is 4.79 Å². The molecule has 0 bridgehead atoms. The Kier molecular flexibility index (Phi) is 3.96. The van der Waals surface area contributed by atoms with Crippen molar-refractivity contribution in [1.29, 1.82) is 0 Å². The SMILES string of the molecule is CCNC1C(=O)Nc2cc(OC3CCOC3)c(Br)cc21. The maximum atomic E-state index is 11.9. The average molecular weight is 341 g/mol. The van der Waals surface area contributed by atoms with E-state index in [1.807, 2.05) is 19.1 Å². The molecule has 0 aromatic heterocycles. The fourth-order valence-electron chi connectivity index (χ4n) is 2.54. The molecule has 5 nitrogen and oxygen atoms in total. The van der Waals surface area contributed by atoms with Gasteiger partial charge in [0, 0.05) is 23.7 Å². The second kappa shape index (κ2) is 5.71. The van der Waals surface area contributed by atoms with Crippen LogP contribution in [0.2, 0.25) is 0 Å². The summed E-state index contributed by atoms with van der Waals surface area (Å²) in [6.45, 7) is 4.09. The lowest BCUT2D eigenvalue weighted by molar-refractivity contribution is -0.117. The number of halogens is 1. The summed E-state index contributed by atoms with van der Waals surface area (Å²) in [6.07, 6.45) is 0.988. The quantitative estimate of drug-likeness (QED) is 0.882. The molecule has 6 heteroatoms. The normalized spacial score (nSPS) is 24.6. The highest BCUT2D eigenvalue weighted by molar-refractivity contribution is 9.10. The largest absolute Gasteiger partial charge is 0.487 e. The second-order valence-electron chi connectivity index (χ2n) is 4.95. The molecule has 0 saturated carbocycles. The van der Waals surface area contributed by atoms with Gasteiger partial charge in [0.2, 0.25) is 5.91 Å². The fourth-order valence-corrected chi connectivity index (χ4v) is 3.00. The average Bonchev–Trinajstić information content (AvgIpc) is 3.01. The summed E-state index contributed by atoms with van der Waals surface area (Å²) in [7, 11) is 0. The van der Waals surface area contributed by atoms with Crippen molar-refractivity contribution in [2.24, 2.45) is 0 Å². The zero-order valence-electron chi connectivity index (χ0n) is 11.2. The molecule has 1 fully saturated rings. The summed E-state index contributed by atoms with van der Waals surface area (Å²) in [5, 5.41) is 6.07. The summed E-state index contributed by atoms with van der Waals surface area (Å²) < 4.78 is 12.1. The van der Waals surface area contributed by atoms with Crippen LogP contribution in [-0.4, -0.2) is 31.8 Å². The van der Waals surface area contributed by atoms with Crippen molar-refractivity contribution < 1.29 is 14.3 Å². The number of fused-ring (bicyclic) bond motifs is 1. The molecule has 0 aliphatic carbocycles. The molecule has 1 aromatic carbocycles. The molecule has 2 heterocycles. The fraction of sp³-hybridized carbons (Fsp3) is 0.500. The van der Waals surface area contributed by atoms with Gasteiger partial charge in [0.1, 0.15) is 17.9 Å². The number of likely N-dealkylation sites (N-methyl/N-ethyl adjacent to an activating group) is 1. The van der Waals surface area contributed by atoms with E-state index >= 15 is 0 Å². The monoisotopic (exact) mass is 340 g/mol. The number of nitrogens with one attached hydrogen (secondary N) is 2. The first-order chi connectivity index (χ1) is 9.69. The van der Waals surface area contributed by atoms with Gasteiger partial charge < -0.3 is 20.1 Å². The lowest BCUT2D eigenvalue weighted by Gasteiger charge is -2.15. The van der Waals surface area contributed by atoms with E-state index in [4.69, 9.17) is 9.47 Å². The standard InChI is InChI=1S/C14H17BrN2O3/c1-2-16-13-9-5-10(15)12(6-11(9)17-14(13)18)20-8-3-4-19-7-8/h5-6,8,13,16H,2-4,7H2,1H3,(H,17,18). The molecule has 2 aliphatic rings. The van der Waals surface area contributed by atoms with E-state index < -0.39 is 0 Å². The Morgan fingerprint density at radius 1 is 1.55 bits per heavy atom. The van der Waals surface area contributed by atoms with E-state index in [0.29, 0.717) is 6.61 Å². The Hall–Kier alpha value is -1.11. The van der Waals surface area contributed by atoms with E-state index in [2.05, 4.69) is 26.6 Å². The van der Waals surface area contributed by atoms with E-state index in [1.54, 1.807) is 0 Å². The molecule has 1 aromatic rings. The van der Waals surface area contributed by atoms with Crippen molar-refractivity contribution in [2.45, 2.75) is 25.5 Å². The summed E-state index contributed by atoms with van der Waals surface area (Å²) >= 11 is 3.52. The molecule has 2 unspecified atom stereocenters.